The lowest BCUT2D eigenvalue weighted by Crippen LogP contribution is -2.36. The van der Waals surface area contributed by atoms with Crippen molar-refractivity contribution in [1.29, 1.82) is 0 Å². The molecule has 1 aliphatic rings. The van der Waals surface area contributed by atoms with Crippen LogP contribution in [0.2, 0.25) is 0 Å². The number of ether oxygens (including phenoxy) is 1. The Morgan fingerprint density at radius 2 is 1.82 bits per heavy atom. The number of benzene rings is 3. The molecule has 3 aromatic carbocycles. The van der Waals surface area contributed by atoms with Crippen LogP contribution in [-0.2, 0) is 17.8 Å². The third kappa shape index (κ3) is 4.94. The fraction of sp³-hybridized carbons (Fsp3) is 0.154. The summed E-state index contributed by atoms with van der Waals surface area (Å²) < 4.78 is 18.7. The Morgan fingerprint density at radius 3 is 2.55 bits per heavy atom. The number of amides is 2. The molecule has 0 saturated carbocycles. The number of rotatable bonds is 5. The van der Waals surface area contributed by atoms with Crippen molar-refractivity contribution in [2.75, 3.05) is 13.7 Å². The zero-order chi connectivity index (χ0) is 23.4. The van der Waals surface area contributed by atoms with Gasteiger partial charge in [-0.1, -0.05) is 30.3 Å². The number of carbonyl (C=O) groups is 2. The summed E-state index contributed by atoms with van der Waals surface area (Å²) in [6.07, 6.45) is 2.38. The van der Waals surface area contributed by atoms with Crippen LogP contribution in [0.3, 0.4) is 0 Å². The van der Waals surface area contributed by atoms with Crippen molar-refractivity contribution >= 4 is 23.5 Å². The maximum Gasteiger partial charge on any atom is 0.274 e. The number of hydrogen-bond donors (Lipinski definition) is 2. The summed E-state index contributed by atoms with van der Waals surface area (Å²) >= 11 is 0. The van der Waals surface area contributed by atoms with Crippen molar-refractivity contribution in [3.63, 3.8) is 0 Å². The van der Waals surface area contributed by atoms with Gasteiger partial charge in [0.15, 0.2) is 0 Å². The second-order valence-corrected chi connectivity index (χ2v) is 7.74. The van der Waals surface area contributed by atoms with E-state index in [9.17, 15) is 14.0 Å². The first-order chi connectivity index (χ1) is 16.0. The molecule has 0 aromatic heterocycles. The molecule has 7 heteroatoms. The molecule has 33 heavy (non-hydrogen) atoms. The first-order valence-electron chi connectivity index (χ1n) is 10.5. The highest BCUT2D eigenvalue weighted by atomic mass is 19.1. The third-order valence-electron chi connectivity index (χ3n) is 5.66. The molecule has 1 aliphatic heterocycles. The van der Waals surface area contributed by atoms with E-state index >= 15 is 0 Å². The van der Waals surface area contributed by atoms with Gasteiger partial charge in [0.05, 0.1) is 7.11 Å². The van der Waals surface area contributed by atoms with Gasteiger partial charge in [0, 0.05) is 24.2 Å². The Morgan fingerprint density at radius 1 is 1.03 bits per heavy atom. The summed E-state index contributed by atoms with van der Waals surface area (Å²) in [7, 11) is 1.56. The summed E-state index contributed by atoms with van der Waals surface area (Å²) in [5, 5.41) is 8.93. The molecule has 0 saturated heterocycles. The Hall–Kier alpha value is -3.97. The number of fused-ring (bicyclic) bond motifs is 1. The van der Waals surface area contributed by atoms with E-state index < -0.39 is 5.91 Å². The van der Waals surface area contributed by atoms with E-state index in [0.29, 0.717) is 47.5 Å². The fourth-order valence-electron chi connectivity index (χ4n) is 3.89. The van der Waals surface area contributed by atoms with Crippen molar-refractivity contribution in [3.05, 3.63) is 100 Å². The molecule has 0 fully saturated rings. The second-order valence-electron chi connectivity index (χ2n) is 7.74. The van der Waals surface area contributed by atoms with E-state index in [0.717, 1.165) is 11.1 Å². The zero-order valence-electron chi connectivity index (χ0n) is 18.0. The van der Waals surface area contributed by atoms with Gasteiger partial charge >= 0.3 is 0 Å². The molecule has 0 unspecified atom stereocenters. The molecule has 0 spiro atoms. The van der Waals surface area contributed by atoms with E-state index in [2.05, 4.69) is 0 Å². The van der Waals surface area contributed by atoms with Gasteiger partial charge in [-0.05, 0) is 71.1 Å². The van der Waals surface area contributed by atoms with Crippen LogP contribution in [0.1, 0.15) is 32.6 Å². The van der Waals surface area contributed by atoms with Crippen LogP contribution in [0.5, 0.6) is 5.75 Å². The molecule has 0 aliphatic carbocycles. The van der Waals surface area contributed by atoms with Gasteiger partial charge < -0.3 is 9.64 Å². The SMILES string of the molecule is COc1cccc(C(=Cc2ccc(F)cc2)C(=O)N2CCc3ccc(C(=O)NO)cc3C2)c1. The predicted octanol–water partition coefficient (Wildman–Crippen LogP) is 4.08. The van der Waals surface area contributed by atoms with E-state index in [1.807, 2.05) is 18.2 Å². The molecular formula is C26H23FN2O4. The zero-order valence-corrected chi connectivity index (χ0v) is 18.0. The van der Waals surface area contributed by atoms with Crippen LogP contribution >= 0.6 is 0 Å². The summed E-state index contributed by atoms with van der Waals surface area (Å²) in [6.45, 7) is 0.841. The number of hydrogen-bond acceptors (Lipinski definition) is 4. The van der Waals surface area contributed by atoms with E-state index in [4.69, 9.17) is 9.94 Å². The molecule has 0 radical (unpaired) electrons. The highest BCUT2D eigenvalue weighted by Gasteiger charge is 2.25. The first kappa shape index (κ1) is 22.2. The Labute approximate surface area is 190 Å². The number of nitrogens with one attached hydrogen (secondary N) is 1. The number of halogens is 1. The quantitative estimate of drug-likeness (QED) is 0.268. The van der Waals surface area contributed by atoms with Gasteiger partial charge in [-0.25, -0.2) is 9.87 Å². The van der Waals surface area contributed by atoms with Crippen molar-refractivity contribution in [1.82, 2.24) is 10.4 Å². The van der Waals surface area contributed by atoms with Crippen LogP contribution < -0.4 is 10.2 Å². The Kier molecular flexibility index (Phi) is 6.51. The topological polar surface area (TPSA) is 78.9 Å². The average molecular weight is 446 g/mol. The van der Waals surface area contributed by atoms with Gasteiger partial charge in [0.1, 0.15) is 11.6 Å². The van der Waals surface area contributed by atoms with Gasteiger partial charge in [0.25, 0.3) is 11.8 Å². The fourth-order valence-corrected chi connectivity index (χ4v) is 3.89. The van der Waals surface area contributed by atoms with Crippen LogP contribution in [0.15, 0.2) is 66.7 Å². The largest absolute Gasteiger partial charge is 0.497 e. The molecule has 6 nitrogen and oxygen atoms in total. The minimum Gasteiger partial charge on any atom is -0.497 e. The minimum atomic E-state index is -0.602. The highest BCUT2D eigenvalue weighted by molar-refractivity contribution is 6.24. The summed E-state index contributed by atoms with van der Waals surface area (Å²) in [5.74, 6) is -0.518. The molecule has 2 amide bonds. The lowest BCUT2D eigenvalue weighted by Gasteiger charge is -2.30. The molecular weight excluding hydrogens is 423 g/mol. The smallest absolute Gasteiger partial charge is 0.274 e. The molecule has 0 bridgehead atoms. The van der Waals surface area contributed by atoms with Crippen molar-refractivity contribution in [2.45, 2.75) is 13.0 Å². The van der Waals surface area contributed by atoms with Crippen molar-refractivity contribution < 1.29 is 23.9 Å². The van der Waals surface area contributed by atoms with E-state index in [-0.39, 0.29) is 11.7 Å². The number of hydroxylamine groups is 1. The Bertz CT molecular complexity index is 1220. The number of nitrogens with zero attached hydrogens (tertiary/aromatic N) is 1. The van der Waals surface area contributed by atoms with Crippen molar-refractivity contribution in [3.8, 4) is 5.75 Å². The van der Waals surface area contributed by atoms with Crippen LogP contribution in [0, 0.1) is 5.82 Å². The average Bonchev–Trinajstić information content (AvgIpc) is 2.86. The summed E-state index contributed by atoms with van der Waals surface area (Å²) in [5.41, 5.74) is 5.69. The maximum absolute atomic E-state index is 13.7. The van der Waals surface area contributed by atoms with Gasteiger partial charge in [-0.15, -0.1) is 0 Å². The predicted molar refractivity (Wildman–Crippen MR) is 122 cm³/mol. The first-order valence-corrected chi connectivity index (χ1v) is 10.5. The van der Waals surface area contributed by atoms with Crippen LogP contribution in [-0.4, -0.2) is 35.6 Å². The minimum absolute atomic E-state index is 0.185. The molecule has 2 N–H and O–H groups in total. The van der Waals surface area contributed by atoms with E-state index in [1.54, 1.807) is 60.0 Å². The molecule has 4 rings (SSSR count). The highest BCUT2D eigenvalue weighted by Crippen LogP contribution is 2.28. The monoisotopic (exact) mass is 446 g/mol. The van der Waals surface area contributed by atoms with Gasteiger partial charge in [-0.3, -0.25) is 14.8 Å². The summed E-state index contributed by atoms with van der Waals surface area (Å²) in [6, 6.07) is 18.4. The van der Waals surface area contributed by atoms with Crippen LogP contribution in [0.25, 0.3) is 11.6 Å². The lowest BCUT2D eigenvalue weighted by molar-refractivity contribution is -0.125. The Balaban J connectivity index is 1.69. The van der Waals surface area contributed by atoms with E-state index in [1.165, 1.54) is 12.1 Å². The molecule has 0 atom stereocenters. The summed E-state index contributed by atoms with van der Waals surface area (Å²) in [4.78, 5) is 27.2. The standard InChI is InChI=1S/C26H23FN2O4/c1-33-23-4-2-3-19(15-23)24(13-17-5-9-22(27)10-6-17)26(31)29-12-11-18-7-8-20(25(30)28-32)14-21(18)16-29/h2-10,13-15,32H,11-12,16H2,1H3,(H,28,30). The van der Waals surface area contributed by atoms with Gasteiger partial charge in [0.2, 0.25) is 0 Å². The normalized spacial score (nSPS) is 13.3. The van der Waals surface area contributed by atoms with Crippen molar-refractivity contribution in [2.24, 2.45) is 0 Å². The molecule has 168 valence electrons. The molecule has 3 aromatic rings. The van der Waals surface area contributed by atoms with Crippen LogP contribution in [0.4, 0.5) is 4.39 Å². The molecule has 1 heterocycles. The third-order valence-corrected chi connectivity index (χ3v) is 5.66. The number of carbonyl (C=O) groups excluding carboxylic acids is 2. The second kappa shape index (κ2) is 9.67. The van der Waals surface area contributed by atoms with Gasteiger partial charge in [-0.2, -0.15) is 0 Å². The maximum atomic E-state index is 13.7. The number of methoxy groups -OCH3 is 1. The lowest BCUT2D eigenvalue weighted by atomic mass is 9.95.